The van der Waals surface area contributed by atoms with E-state index in [1.54, 1.807) is 13.2 Å². The molecule has 2 aromatic rings. The maximum absolute atomic E-state index is 11.9. The zero-order valence-electron chi connectivity index (χ0n) is 8.23. The highest BCUT2D eigenvalue weighted by Crippen LogP contribution is 2.30. The Hall–Kier alpha value is -2.03. The third-order valence-corrected chi connectivity index (χ3v) is 2.69. The molecule has 0 saturated carbocycles. The average Bonchev–Trinajstić information content (AvgIpc) is 2.83. The number of benzene rings is 1. The molecule has 3 rings (SSSR count). The molecule has 2 heterocycles. The van der Waals surface area contributed by atoms with E-state index in [1.165, 1.54) is 0 Å². The van der Waals surface area contributed by atoms with Crippen molar-refractivity contribution in [2.45, 2.75) is 0 Å². The Balaban J connectivity index is 2.28. The summed E-state index contributed by atoms with van der Waals surface area (Å²) in [6, 6.07) is 9.25. The molecule has 1 aromatic heterocycles. The van der Waals surface area contributed by atoms with Gasteiger partial charge in [-0.05, 0) is 30.3 Å². The Bertz CT molecular complexity index is 554. The number of nitrogens with zero attached hydrogens (tertiary/aromatic N) is 1. The van der Waals surface area contributed by atoms with E-state index in [-0.39, 0.29) is 5.78 Å². The standard InChI is InChI=1S/C12H9NO2/c1-15-8-4-5-10-9(7-8)12(14)11-3-2-6-13(10)11/h2-7H,1H3. The van der Waals surface area contributed by atoms with Crippen LogP contribution >= 0.6 is 0 Å². The highest BCUT2D eigenvalue weighted by molar-refractivity contribution is 6.14. The summed E-state index contributed by atoms with van der Waals surface area (Å²) in [5.41, 5.74) is 2.36. The number of ether oxygens (including phenoxy) is 1. The van der Waals surface area contributed by atoms with Crippen molar-refractivity contribution >= 4 is 5.78 Å². The molecule has 0 spiro atoms. The molecule has 0 atom stereocenters. The first kappa shape index (κ1) is 8.29. The van der Waals surface area contributed by atoms with Gasteiger partial charge in [0.2, 0.25) is 5.78 Å². The van der Waals surface area contributed by atoms with Crippen LogP contribution in [-0.2, 0) is 0 Å². The predicted molar refractivity (Wildman–Crippen MR) is 55.8 cm³/mol. The number of carbonyl (C=O) groups excluding carboxylic acids is 1. The minimum Gasteiger partial charge on any atom is -0.497 e. The summed E-state index contributed by atoms with van der Waals surface area (Å²) in [5, 5.41) is 0. The predicted octanol–water partition coefficient (Wildman–Crippen LogP) is 2.03. The van der Waals surface area contributed by atoms with E-state index >= 15 is 0 Å². The van der Waals surface area contributed by atoms with E-state index in [1.807, 2.05) is 35.0 Å². The Labute approximate surface area is 86.9 Å². The second-order valence-corrected chi connectivity index (χ2v) is 3.48. The van der Waals surface area contributed by atoms with Gasteiger partial charge in [0.1, 0.15) is 5.75 Å². The summed E-state index contributed by atoms with van der Waals surface area (Å²) in [5.74, 6) is 0.779. The number of fused-ring (bicyclic) bond motifs is 3. The minimum absolute atomic E-state index is 0.0638. The summed E-state index contributed by atoms with van der Waals surface area (Å²) in [6.45, 7) is 0. The highest BCUT2D eigenvalue weighted by atomic mass is 16.5. The Morgan fingerprint density at radius 3 is 2.93 bits per heavy atom. The molecule has 74 valence electrons. The summed E-state index contributed by atoms with van der Waals surface area (Å²) in [6.07, 6.45) is 1.89. The van der Waals surface area contributed by atoms with Crippen LogP contribution in [-0.4, -0.2) is 17.5 Å². The molecule has 1 aliphatic rings. The normalized spacial score (nSPS) is 12.5. The number of hydrogen-bond acceptors (Lipinski definition) is 2. The lowest BCUT2D eigenvalue weighted by molar-refractivity contribution is 0.104. The van der Waals surface area contributed by atoms with E-state index in [4.69, 9.17) is 4.74 Å². The molecule has 0 N–H and O–H groups in total. The van der Waals surface area contributed by atoms with Crippen LogP contribution in [0.1, 0.15) is 16.1 Å². The van der Waals surface area contributed by atoms with Crippen molar-refractivity contribution in [3.63, 3.8) is 0 Å². The zero-order valence-corrected chi connectivity index (χ0v) is 8.23. The maximum atomic E-state index is 11.9. The topological polar surface area (TPSA) is 31.2 Å². The summed E-state index contributed by atoms with van der Waals surface area (Å²) >= 11 is 0. The van der Waals surface area contributed by atoms with Crippen LogP contribution in [0.2, 0.25) is 0 Å². The molecular weight excluding hydrogens is 190 g/mol. The van der Waals surface area contributed by atoms with Gasteiger partial charge in [-0.2, -0.15) is 0 Å². The first-order chi connectivity index (χ1) is 7.31. The molecule has 0 unspecified atom stereocenters. The molecule has 3 heteroatoms. The van der Waals surface area contributed by atoms with Gasteiger partial charge in [-0.15, -0.1) is 0 Å². The minimum atomic E-state index is 0.0638. The molecule has 0 amide bonds. The molecule has 15 heavy (non-hydrogen) atoms. The van der Waals surface area contributed by atoms with Crippen LogP contribution in [0.4, 0.5) is 0 Å². The van der Waals surface area contributed by atoms with Crippen LogP contribution in [0.25, 0.3) is 5.69 Å². The monoisotopic (exact) mass is 199 g/mol. The second kappa shape index (κ2) is 2.73. The average molecular weight is 199 g/mol. The summed E-state index contributed by atoms with van der Waals surface area (Å²) in [7, 11) is 1.60. The number of ketones is 1. The fourth-order valence-electron chi connectivity index (χ4n) is 1.95. The summed E-state index contributed by atoms with van der Waals surface area (Å²) < 4.78 is 7.00. The third kappa shape index (κ3) is 0.973. The van der Waals surface area contributed by atoms with Crippen molar-refractivity contribution in [1.82, 2.24) is 4.57 Å². The second-order valence-electron chi connectivity index (χ2n) is 3.48. The quantitative estimate of drug-likeness (QED) is 0.600. The van der Waals surface area contributed by atoms with E-state index in [0.29, 0.717) is 11.3 Å². The van der Waals surface area contributed by atoms with Crippen LogP contribution in [0.5, 0.6) is 5.75 Å². The molecule has 1 aliphatic heterocycles. The Morgan fingerprint density at radius 2 is 2.13 bits per heavy atom. The van der Waals surface area contributed by atoms with Gasteiger partial charge < -0.3 is 9.30 Å². The first-order valence-corrected chi connectivity index (χ1v) is 4.72. The highest BCUT2D eigenvalue weighted by Gasteiger charge is 2.26. The molecule has 1 aromatic carbocycles. The first-order valence-electron chi connectivity index (χ1n) is 4.72. The number of aromatic nitrogens is 1. The van der Waals surface area contributed by atoms with Gasteiger partial charge in [-0.3, -0.25) is 4.79 Å². The smallest absolute Gasteiger partial charge is 0.211 e. The SMILES string of the molecule is COc1ccc2c(c1)C(=O)c1cccn1-2. The van der Waals surface area contributed by atoms with Gasteiger partial charge in [0.15, 0.2) is 0 Å². The van der Waals surface area contributed by atoms with Gasteiger partial charge in [0, 0.05) is 6.20 Å². The molecule has 0 fully saturated rings. The van der Waals surface area contributed by atoms with Crippen molar-refractivity contribution in [1.29, 1.82) is 0 Å². The third-order valence-electron chi connectivity index (χ3n) is 2.69. The van der Waals surface area contributed by atoms with Gasteiger partial charge in [0.25, 0.3) is 0 Å². The van der Waals surface area contributed by atoms with Gasteiger partial charge in [-0.1, -0.05) is 0 Å². The molecule has 0 saturated heterocycles. The number of methoxy groups -OCH3 is 1. The number of carbonyl (C=O) groups is 1. The van der Waals surface area contributed by atoms with Gasteiger partial charge in [0.05, 0.1) is 24.1 Å². The molecule has 0 bridgehead atoms. The van der Waals surface area contributed by atoms with Crippen molar-refractivity contribution in [3.8, 4) is 11.4 Å². The van der Waals surface area contributed by atoms with Crippen molar-refractivity contribution in [3.05, 3.63) is 47.8 Å². The lowest BCUT2D eigenvalue weighted by atomic mass is 10.1. The van der Waals surface area contributed by atoms with Crippen LogP contribution in [0.15, 0.2) is 36.5 Å². The van der Waals surface area contributed by atoms with E-state index in [9.17, 15) is 4.79 Å². The van der Waals surface area contributed by atoms with Crippen molar-refractivity contribution in [2.75, 3.05) is 7.11 Å². The molecular formula is C12H9NO2. The van der Waals surface area contributed by atoms with Crippen LogP contribution < -0.4 is 4.74 Å². The van der Waals surface area contributed by atoms with Crippen LogP contribution in [0, 0.1) is 0 Å². The molecule has 3 nitrogen and oxygen atoms in total. The summed E-state index contributed by atoms with van der Waals surface area (Å²) in [4.78, 5) is 11.9. The molecule has 0 radical (unpaired) electrons. The fraction of sp³-hybridized carbons (Fsp3) is 0.0833. The lowest BCUT2D eigenvalue weighted by Crippen LogP contribution is -1.95. The van der Waals surface area contributed by atoms with Gasteiger partial charge in [-0.25, -0.2) is 0 Å². The van der Waals surface area contributed by atoms with E-state index < -0.39 is 0 Å². The molecule has 0 aliphatic carbocycles. The lowest BCUT2D eigenvalue weighted by Gasteiger charge is -2.03. The van der Waals surface area contributed by atoms with Crippen LogP contribution in [0.3, 0.4) is 0 Å². The number of hydrogen-bond donors (Lipinski definition) is 0. The Kier molecular flexibility index (Phi) is 1.51. The van der Waals surface area contributed by atoms with Crippen molar-refractivity contribution in [2.24, 2.45) is 0 Å². The number of rotatable bonds is 1. The largest absolute Gasteiger partial charge is 0.497 e. The zero-order chi connectivity index (χ0) is 10.4. The fourth-order valence-corrected chi connectivity index (χ4v) is 1.95. The Morgan fingerprint density at radius 1 is 1.27 bits per heavy atom. The van der Waals surface area contributed by atoms with E-state index in [2.05, 4.69) is 0 Å². The maximum Gasteiger partial charge on any atom is 0.211 e. The van der Waals surface area contributed by atoms with Crippen molar-refractivity contribution < 1.29 is 9.53 Å². The van der Waals surface area contributed by atoms with E-state index in [0.717, 1.165) is 11.4 Å². The van der Waals surface area contributed by atoms with Gasteiger partial charge >= 0.3 is 0 Å².